The lowest BCUT2D eigenvalue weighted by Crippen LogP contribution is -2.46. The van der Waals surface area contributed by atoms with Gasteiger partial charge in [-0.25, -0.2) is 4.79 Å². The zero-order valence-electron chi connectivity index (χ0n) is 14.0. The van der Waals surface area contributed by atoms with E-state index in [9.17, 15) is 4.79 Å². The number of nitrogens with zero attached hydrogens (tertiary/aromatic N) is 2. The average Bonchev–Trinajstić information content (AvgIpc) is 2.85. The summed E-state index contributed by atoms with van der Waals surface area (Å²) in [7, 11) is 1.88. The van der Waals surface area contributed by atoms with Crippen LogP contribution in [0.1, 0.15) is 25.1 Å². The minimum absolute atomic E-state index is 0.120. The van der Waals surface area contributed by atoms with Gasteiger partial charge in [-0.2, -0.15) is 5.10 Å². The third kappa shape index (κ3) is 4.74. The molecule has 6 heteroatoms. The summed E-state index contributed by atoms with van der Waals surface area (Å²) in [6.07, 6.45) is 1.63. The van der Waals surface area contributed by atoms with Crippen LogP contribution in [-0.2, 0) is 13.6 Å². The van der Waals surface area contributed by atoms with E-state index in [1.54, 1.807) is 10.9 Å². The maximum absolute atomic E-state index is 12.0. The van der Waals surface area contributed by atoms with Crippen LogP contribution in [0.2, 0.25) is 0 Å². The summed E-state index contributed by atoms with van der Waals surface area (Å²) in [5.41, 5.74) is 2.04. The Labute approximate surface area is 136 Å². The van der Waals surface area contributed by atoms with Crippen molar-refractivity contribution < 1.29 is 9.53 Å². The van der Waals surface area contributed by atoms with Crippen LogP contribution in [0.4, 0.5) is 4.79 Å². The number of hydrogen-bond donors (Lipinski definition) is 2. The van der Waals surface area contributed by atoms with E-state index in [4.69, 9.17) is 4.74 Å². The van der Waals surface area contributed by atoms with Crippen LogP contribution < -0.4 is 15.4 Å². The number of carbonyl (C=O) groups excluding carboxylic acids is 1. The summed E-state index contributed by atoms with van der Waals surface area (Å²) >= 11 is 0. The third-order valence-corrected chi connectivity index (χ3v) is 3.90. The fourth-order valence-corrected chi connectivity index (χ4v) is 2.08. The van der Waals surface area contributed by atoms with Crippen molar-refractivity contribution in [3.63, 3.8) is 0 Å². The van der Waals surface area contributed by atoms with Gasteiger partial charge in [-0.1, -0.05) is 18.2 Å². The van der Waals surface area contributed by atoms with E-state index in [2.05, 4.69) is 15.7 Å². The third-order valence-electron chi connectivity index (χ3n) is 3.90. The largest absolute Gasteiger partial charge is 0.489 e. The van der Waals surface area contributed by atoms with Gasteiger partial charge in [0.15, 0.2) is 0 Å². The lowest BCUT2D eigenvalue weighted by molar-refractivity contribution is 0.175. The molecule has 23 heavy (non-hydrogen) atoms. The van der Waals surface area contributed by atoms with Gasteiger partial charge in [0.25, 0.3) is 0 Å². The number of benzene rings is 1. The Morgan fingerprint density at radius 3 is 2.61 bits per heavy atom. The number of para-hydroxylation sites is 1. The number of aryl methyl sites for hydroxylation is 1. The number of aromatic nitrogens is 2. The molecule has 2 N–H and O–H groups in total. The predicted octanol–water partition coefficient (Wildman–Crippen LogP) is 2.38. The number of nitrogens with one attached hydrogen (secondary N) is 2. The second kappa shape index (κ2) is 7.67. The Bertz CT molecular complexity index is 639. The van der Waals surface area contributed by atoms with Crippen LogP contribution in [0, 0.1) is 6.92 Å². The van der Waals surface area contributed by atoms with Gasteiger partial charge >= 0.3 is 6.03 Å². The van der Waals surface area contributed by atoms with Gasteiger partial charge in [-0.3, -0.25) is 4.68 Å². The van der Waals surface area contributed by atoms with Crippen molar-refractivity contribution in [1.29, 1.82) is 0 Å². The van der Waals surface area contributed by atoms with Gasteiger partial charge in [-0.05, 0) is 32.9 Å². The molecule has 0 saturated heterocycles. The highest BCUT2D eigenvalue weighted by Crippen LogP contribution is 2.12. The van der Waals surface area contributed by atoms with Crippen molar-refractivity contribution in [1.82, 2.24) is 20.4 Å². The van der Waals surface area contributed by atoms with Crippen molar-refractivity contribution in [2.24, 2.45) is 7.05 Å². The highest BCUT2D eigenvalue weighted by atomic mass is 16.5. The SMILES string of the molecule is Cc1c(CNC(=O)N[C@@H](C)[C@H](C)Oc2ccccc2)cnn1C. The topological polar surface area (TPSA) is 68.2 Å². The second-order valence-electron chi connectivity index (χ2n) is 5.63. The molecular formula is C17H24N4O2. The lowest BCUT2D eigenvalue weighted by atomic mass is 10.2. The van der Waals surface area contributed by atoms with Gasteiger partial charge in [0.05, 0.1) is 12.2 Å². The first-order valence-corrected chi connectivity index (χ1v) is 7.71. The fraction of sp³-hybridized carbons (Fsp3) is 0.412. The van der Waals surface area contributed by atoms with Gasteiger partial charge < -0.3 is 15.4 Å². The van der Waals surface area contributed by atoms with Crippen LogP contribution in [-0.4, -0.2) is 28.0 Å². The van der Waals surface area contributed by atoms with Crippen LogP contribution in [0.25, 0.3) is 0 Å². The van der Waals surface area contributed by atoms with Crippen molar-refractivity contribution >= 4 is 6.03 Å². The van der Waals surface area contributed by atoms with E-state index in [1.807, 2.05) is 58.2 Å². The maximum Gasteiger partial charge on any atom is 0.315 e. The molecule has 0 aliphatic heterocycles. The molecule has 0 saturated carbocycles. The fourth-order valence-electron chi connectivity index (χ4n) is 2.08. The van der Waals surface area contributed by atoms with Crippen molar-refractivity contribution in [2.45, 2.75) is 39.5 Å². The zero-order chi connectivity index (χ0) is 16.8. The number of hydrogen-bond acceptors (Lipinski definition) is 3. The zero-order valence-corrected chi connectivity index (χ0v) is 14.0. The molecule has 2 aromatic rings. The molecule has 1 heterocycles. The van der Waals surface area contributed by atoms with E-state index in [0.717, 1.165) is 17.0 Å². The molecule has 0 aliphatic carbocycles. The van der Waals surface area contributed by atoms with Crippen molar-refractivity contribution in [3.8, 4) is 5.75 Å². The molecule has 124 valence electrons. The van der Waals surface area contributed by atoms with Gasteiger partial charge in [-0.15, -0.1) is 0 Å². The van der Waals surface area contributed by atoms with E-state index in [0.29, 0.717) is 6.54 Å². The summed E-state index contributed by atoms with van der Waals surface area (Å²) in [4.78, 5) is 12.0. The summed E-state index contributed by atoms with van der Waals surface area (Å²) in [6, 6.07) is 9.23. The van der Waals surface area contributed by atoms with Crippen LogP contribution in [0.5, 0.6) is 5.75 Å². The molecule has 2 atom stereocenters. The van der Waals surface area contributed by atoms with Gasteiger partial charge in [0.1, 0.15) is 11.9 Å². The molecule has 0 fully saturated rings. The minimum atomic E-state index is -0.218. The van der Waals surface area contributed by atoms with E-state index in [-0.39, 0.29) is 18.2 Å². The minimum Gasteiger partial charge on any atom is -0.489 e. The highest BCUT2D eigenvalue weighted by molar-refractivity contribution is 5.74. The van der Waals surface area contributed by atoms with E-state index < -0.39 is 0 Å². The molecule has 0 unspecified atom stereocenters. The lowest BCUT2D eigenvalue weighted by Gasteiger charge is -2.22. The monoisotopic (exact) mass is 316 g/mol. The Balaban J connectivity index is 1.78. The maximum atomic E-state index is 12.0. The molecule has 1 aromatic carbocycles. The van der Waals surface area contributed by atoms with Crippen molar-refractivity contribution in [3.05, 3.63) is 47.8 Å². The average molecular weight is 316 g/mol. The Kier molecular flexibility index (Phi) is 5.62. The number of rotatable bonds is 6. The van der Waals surface area contributed by atoms with Crippen molar-refractivity contribution in [2.75, 3.05) is 0 Å². The molecule has 0 bridgehead atoms. The van der Waals surface area contributed by atoms with E-state index in [1.165, 1.54) is 0 Å². The second-order valence-corrected chi connectivity index (χ2v) is 5.63. The Hall–Kier alpha value is -2.50. The Morgan fingerprint density at radius 2 is 2.00 bits per heavy atom. The molecule has 2 amide bonds. The molecule has 0 radical (unpaired) electrons. The van der Waals surface area contributed by atoms with E-state index >= 15 is 0 Å². The standard InChI is InChI=1S/C17H24N4O2/c1-12(14(3)23-16-8-6-5-7-9-16)20-17(22)18-10-15-11-19-21(4)13(15)2/h5-9,11-12,14H,10H2,1-4H3,(H2,18,20,22)/t12-,14-/m0/s1. The molecule has 2 rings (SSSR count). The van der Waals surface area contributed by atoms with Crippen LogP contribution >= 0.6 is 0 Å². The summed E-state index contributed by atoms with van der Waals surface area (Å²) in [5.74, 6) is 0.792. The summed E-state index contributed by atoms with van der Waals surface area (Å²) in [5, 5.41) is 9.89. The summed E-state index contributed by atoms with van der Waals surface area (Å²) < 4.78 is 7.59. The normalized spacial score (nSPS) is 13.2. The first kappa shape index (κ1) is 16.9. The molecule has 0 aliphatic rings. The summed E-state index contributed by atoms with van der Waals surface area (Å²) in [6.45, 7) is 6.28. The molecule has 6 nitrogen and oxygen atoms in total. The first-order chi connectivity index (χ1) is 11.0. The van der Waals surface area contributed by atoms with Crippen LogP contribution in [0.3, 0.4) is 0 Å². The number of amides is 2. The number of ether oxygens (including phenoxy) is 1. The smallest absolute Gasteiger partial charge is 0.315 e. The molecular weight excluding hydrogens is 292 g/mol. The number of urea groups is 1. The molecule has 0 spiro atoms. The number of carbonyl (C=O) groups is 1. The molecule has 1 aromatic heterocycles. The predicted molar refractivity (Wildman–Crippen MR) is 89.3 cm³/mol. The first-order valence-electron chi connectivity index (χ1n) is 7.71. The highest BCUT2D eigenvalue weighted by Gasteiger charge is 2.16. The van der Waals surface area contributed by atoms with Gasteiger partial charge in [0, 0.05) is 24.8 Å². The Morgan fingerprint density at radius 1 is 1.30 bits per heavy atom. The van der Waals surface area contributed by atoms with Gasteiger partial charge in [0.2, 0.25) is 0 Å². The van der Waals surface area contributed by atoms with Crippen LogP contribution in [0.15, 0.2) is 36.5 Å². The quantitative estimate of drug-likeness (QED) is 0.860.